The van der Waals surface area contributed by atoms with E-state index < -0.39 is 5.60 Å². The molecule has 0 unspecified atom stereocenters. The average molecular weight is 524 g/mol. The zero-order valence-corrected chi connectivity index (χ0v) is 22.5. The van der Waals surface area contributed by atoms with Crippen LogP contribution in [0.4, 0.5) is 0 Å². The molecule has 0 fully saturated rings. The molecule has 39 heavy (non-hydrogen) atoms. The second-order valence-electron chi connectivity index (χ2n) is 9.65. The molecular weight excluding hydrogens is 490 g/mol. The Bertz CT molecular complexity index is 1420. The number of nitrogens with zero attached hydrogens (tertiary/aromatic N) is 1. The van der Waals surface area contributed by atoms with Gasteiger partial charge in [0.2, 0.25) is 0 Å². The van der Waals surface area contributed by atoms with Crippen LogP contribution in [0.15, 0.2) is 112 Å². The molecule has 0 bridgehead atoms. The van der Waals surface area contributed by atoms with Crippen molar-refractivity contribution in [1.82, 2.24) is 4.90 Å². The quantitative estimate of drug-likeness (QED) is 0.208. The van der Waals surface area contributed by atoms with Gasteiger partial charge in [0, 0.05) is 6.54 Å². The van der Waals surface area contributed by atoms with Crippen LogP contribution in [-0.4, -0.2) is 24.2 Å². The van der Waals surface area contributed by atoms with Crippen molar-refractivity contribution in [2.24, 2.45) is 0 Å². The number of rotatable bonds is 11. The van der Waals surface area contributed by atoms with Crippen LogP contribution in [0.25, 0.3) is 0 Å². The molecule has 6 nitrogen and oxygen atoms in total. The van der Waals surface area contributed by atoms with Crippen LogP contribution in [0.3, 0.4) is 0 Å². The lowest BCUT2D eigenvalue weighted by Crippen LogP contribution is -2.28. The molecule has 5 rings (SSSR count). The zero-order valence-electron chi connectivity index (χ0n) is 22.5. The summed E-state index contributed by atoms with van der Waals surface area (Å²) in [5.41, 5.74) is 2.25. The molecule has 0 saturated carbocycles. The Morgan fingerprint density at radius 3 is 1.92 bits per heavy atom. The van der Waals surface area contributed by atoms with Gasteiger partial charge >= 0.3 is 0 Å². The second kappa shape index (κ2) is 11.6. The number of furan rings is 2. The van der Waals surface area contributed by atoms with Gasteiger partial charge in [-0.1, -0.05) is 54.1 Å². The van der Waals surface area contributed by atoms with Gasteiger partial charge in [-0.3, -0.25) is 4.90 Å². The minimum absolute atomic E-state index is 0.432. The first-order valence-electron chi connectivity index (χ1n) is 12.9. The fraction of sp³-hybridized carbons (Fsp3) is 0.212. The fourth-order valence-electron chi connectivity index (χ4n) is 4.85. The van der Waals surface area contributed by atoms with Crippen molar-refractivity contribution in [3.05, 3.63) is 143 Å². The maximum Gasteiger partial charge on any atom is 0.173 e. The van der Waals surface area contributed by atoms with Crippen molar-refractivity contribution < 1.29 is 23.4 Å². The Kier molecular flexibility index (Phi) is 7.87. The second-order valence-corrected chi connectivity index (χ2v) is 9.65. The van der Waals surface area contributed by atoms with Gasteiger partial charge in [0.05, 0.1) is 33.6 Å². The van der Waals surface area contributed by atoms with Crippen molar-refractivity contribution in [3.8, 4) is 11.5 Å². The van der Waals surface area contributed by atoms with E-state index in [0.29, 0.717) is 41.5 Å². The van der Waals surface area contributed by atoms with Crippen LogP contribution >= 0.6 is 0 Å². The third kappa shape index (κ3) is 5.93. The van der Waals surface area contributed by atoms with E-state index in [2.05, 4.69) is 36.1 Å². The SMILES string of the molecule is COc1ccc(C(O)(c2ccc(OC)cc2)c2ccc(CN(Cc3cccc(C)c3)Cc3ccco3)o2)cc1. The maximum absolute atomic E-state index is 12.3. The van der Waals surface area contributed by atoms with Crippen molar-refractivity contribution in [2.45, 2.75) is 32.2 Å². The predicted octanol–water partition coefficient (Wildman–Crippen LogP) is 6.68. The van der Waals surface area contributed by atoms with Gasteiger partial charge in [-0.15, -0.1) is 0 Å². The number of benzene rings is 3. The van der Waals surface area contributed by atoms with E-state index in [1.54, 1.807) is 20.5 Å². The number of hydrogen-bond donors (Lipinski definition) is 1. The third-order valence-corrected chi connectivity index (χ3v) is 6.86. The summed E-state index contributed by atoms with van der Waals surface area (Å²) in [4.78, 5) is 2.26. The van der Waals surface area contributed by atoms with E-state index in [0.717, 1.165) is 18.1 Å². The number of methoxy groups -OCH3 is 2. The molecule has 5 aromatic rings. The standard InChI is InChI=1S/C33H33NO5/c1-24-6-4-7-25(20-24)21-34(22-30-8-5-19-38-30)23-31-17-18-32(39-31)33(35,26-9-13-28(36-2)14-10-26)27-11-15-29(37-3)16-12-27/h4-20,35H,21-23H2,1-3H3. The lowest BCUT2D eigenvalue weighted by atomic mass is 9.84. The highest BCUT2D eigenvalue weighted by Gasteiger charge is 2.37. The molecule has 2 aromatic heterocycles. The van der Waals surface area contributed by atoms with E-state index in [-0.39, 0.29) is 0 Å². The van der Waals surface area contributed by atoms with E-state index in [1.807, 2.05) is 72.8 Å². The number of ether oxygens (including phenoxy) is 2. The van der Waals surface area contributed by atoms with Crippen LogP contribution in [-0.2, 0) is 25.2 Å². The summed E-state index contributed by atoms with van der Waals surface area (Å²) in [6.07, 6.45) is 1.69. The molecule has 0 aliphatic heterocycles. The smallest absolute Gasteiger partial charge is 0.173 e. The summed E-state index contributed by atoms with van der Waals surface area (Å²) < 4.78 is 22.7. The minimum Gasteiger partial charge on any atom is -0.497 e. The fourth-order valence-corrected chi connectivity index (χ4v) is 4.85. The predicted molar refractivity (Wildman–Crippen MR) is 150 cm³/mol. The first-order chi connectivity index (χ1) is 19.0. The Morgan fingerprint density at radius 2 is 1.36 bits per heavy atom. The number of aliphatic hydroxyl groups is 1. The summed E-state index contributed by atoms with van der Waals surface area (Å²) in [6, 6.07) is 30.9. The molecule has 6 heteroatoms. The van der Waals surface area contributed by atoms with Crippen LogP contribution in [0.1, 0.15) is 39.5 Å². The molecule has 0 saturated heterocycles. The van der Waals surface area contributed by atoms with Gasteiger partial charge in [0.25, 0.3) is 0 Å². The summed E-state index contributed by atoms with van der Waals surface area (Å²) >= 11 is 0. The van der Waals surface area contributed by atoms with E-state index in [9.17, 15) is 5.11 Å². The van der Waals surface area contributed by atoms with Gasteiger partial charge in [0.1, 0.15) is 28.8 Å². The van der Waals surface area contributed by atoms with Crippen LogP contribution in [0, 0.1) is 6.92 Å². The molecular formula is C33H33NO5. The summed E-state index contributed by atoms with van der Waals surface area (Å²) in [6.45, 7) is 3.98. The highest BCUT2D eigenvalue weighted by Crippen LogP contribution is 2.39. The van der Waals surface area contributed by atoms with Gasteiger partial charge in [0.15, 0.2) is 5.60 Å². The van der Waals surface area contributed by atoms with Gasteiger partial charge in [-0.05, 0) is 72.1 Å². The highest BCUT2D eigenvalue weighted by atomic mass is 16.5. The van der Waals surface area contributed by atoms with Crippen LogP contribution in [0.5, 0.6) is 11.5 Å². The van der Waals surface area contributed by atoms with Crippen molar-refractivity contribution >= 4 is 0 Å². The van der Waals surface area contributed by atoms with E-state index >= 15 is 0 Å². The molecule has 0 radical (unpaired) electrons. The molecule has 2 heterocycles. The average Bonchev–Trinajstić information content (AvgIpc) is 3.65. The zero-order chi connectivity index (χ0) is 27.2. The number of aryl methyl sites for hydroxylation is 1. The molecule has 0 aliphatic carbocycles. The van der Waals surface area contributed by atoms with Crippen molar-refractivity contribution in [2.75, 3.05) is 14.2 Å². The molecule has 0 aliphatic rings. The Morgan fingerprint density at radius 1 is 0.718 bits per heavy atom. The third-order valence-electron chi connectivity index (χ3n) is 6.86. The molecule has 0 amide bonds. The molecule has 200 valence electrons. The number of hydrogen-bond acceptors (Lipinski definition) is 6. The normalized spacial score (nSPS) is 11.6. The minimum atomic E-state index is -1.51. The van der Waals surface area contributed by atoms with Gasteiger partial charge < -0.3 is 23.4 Å². The Hall–Kier alpha value is -4.26. The molecule has 0 atom stereocenters. The lowest BCUT2D eigenvalue weighted by molar-refractivity contribution is 0.0946. The Balaban J connectivity index is 1.47. The summed E-state index contributed by atoms with van der Waals surface area (Å²) in [5.74, 6) is 3.47. The first kappa shape index (κ1) is 26.4. The van der Waals surface area contributed by atoms with Crippen molar-refractivity contribution in [1.29, 1.82) is 0 Å². The molecule has 1 N–H and O–H groups in total. The molecule has 3 aromatic carbocycles. The van der Waals surface area contributed by atoms with Crippen molar-refractivity contribution in [3.63, 3.8) is 0 Å². The Labute approximate surface area is 229 Å². The summed E-state index contributed by atoms with van der Waals surface area (Å²) in [5, 5.41) is 12.3. The lowest BCUT2D eigenvalue weighted by Gasteiger charge is -2.28. The van der Waals surface area contributed by atoms with Gasteiger partial charge in [-0.2, -0.15) is 0 Å². The first-order valence-corrected chi connectivity index (χ1v) is 12.9. The van der Waals surface area contributed by atoms with Gasteiger partial charge in [-0.25, -0.2) is 0 Å². The van der Waals surface area contributed by atoms with Crippen LogP contribution < -0.4 is 9.47 Å². The summed E-state index contributed by atoms with van der Waals surface area (Å²) in [7, 11) is 3.24. The largest absolute Gasteiger partial charge is 0.497 e. The monoisotopic (exact) mass is 523 g/mol. The highest BCUT2D eigenvalue weighted by molar-refractivity contribution is 5.46. The van der Waals surface area contributed by atoms with Crippen LogP contribution in [0.2, 0.25) is 0 Å². The van der Waals surface area contributed by atoms with E-state index in [4.69, 9.17) is 18.3 Å². The van der Waals surface area contributed by atoms with E-state index in [1.165, 1.54) is 11.1 Å². The topological polar surface area (TPSA) is 68.2 Å². The molecule has 0 spiro atoms. The maximum atomic E-state index is 12.3.